The number of ether oxygens (including phenoxy) is 2. The van der Waals surface area contributed by atoms with E-state index in [1.54, 1.807) is 0 Å². The maximum atomic E-state index is 6.02. The Labute approximate surface area is 163 Å². The van der Waals surface area contributed by atoms with Crippen LogP contribution in [0.15, 0.2) is 29.3 Å². The fourth-order valence-electron chi connectivity index (χ4n) is 3.65. The zero-order chi connectivity index (χ0) is 19.1. The summed E-state index contributed by atoms with van der Waals surface area (Å²) in [5.74, 6) is 3.13. The van der Waals surface area contributed by atoms with Crippen LogP contribution in [0.3, 0.4) is 0 Å². The maximum Gasteiger partial charge on any atom is 0.191 e. The second-order valence-corrected chi connectivity index (χ2v) is 7.70. The molecule has 0 amide bonds. The molecule has 6 heteroatoms. The molecule has 1 fully saturated rings. The number of hydrogen-bond donors (Lipinski definition) is 2. The Morgan fingerprint density at radius 2 is 2.07 bits per heavy atom. The number of nitrogens with zero attached hydrogens (tertiary/aromatic N) is 2. The molecule has 0 radical (unpaired) electrons. The third-order valence-corrected chi connectivity index (χ3v) is 5.20. The van der Waals surface area contributed by atoms with E-state index in [9.17, 15) is 0 Å². The molecule has 27 heavy (non-hydrogen) atoms. The fraction of sp³-hybridized carbons (Fsp3) is 0.667. The Kier molecular flexibility index (Phi) is 7.21. The molecule has 2 N–H and O–H groups in total. The van der Waals surface area contributed by atoms with Crippen molar-refractivity contribution in [2.75, 3.05) is 39.3 Å². The van der Waals surface area contributed by atoms with Gasteiger partial charge in [-0.15, -0.1) is 0 Å². The number of aliphatic imine (C=N–C) groups is 1. The lowest BCUT2D eigenvalue weighted by Gasteiger charge is -2.34. The van der Waals surface area contributed by atoms with E-state index in [0.29, 0.717) is 25.1 Å². The molecule has 0 aromatic heterocycles. The van der Waals surface area contributed by atoms with E-state index in [2.05, 4.69) is 36.3 Å². The van der Waals surface area contributed by atoms with Crippen LogP contribution in [0, 0.1) is 5.92 Å². The molecule has 2 aliphatic heterocycles. The van der Waals surface area contributed by atoms with Crippen molar-refractivity contribution < 1.29 is 9.47 Å². The highest BCUT2D eigenvalue weighted by Gasteiger charge is 2.22. The van der Waals surface area contributed by atoms with Crippen LogP contribution < -0.4 is 20.1 Å². The van der Waals surface area contributed by atoms with Crippen molar-refractivity contribution in [1.82, 2.24) is 15.5 Å². The molecule has 1 saturated heterocycles. The lowest BCUT2D eigenvalue weighted by molar-refractivity contribution is 0.0936. The van der Waals surface area contributed by atoms with Crippen molar-refractivity contribution in [3.8, 4) is 11.5 Å². The van der Waals surface area contributed by atoms with E-state index >= 15 is 0 Å². The molecule has 2 heterocycles. The van der Waals surface area contributed by atoms with E-state index in [1.807, 2.05) is 24.3 Å². The molecule has 0 spiro atoms. The van der Waals surface area contributed by atoms with Gasteiger partial charge in [0.25, 0.3) is 0 Å². The highest BCUT2D eigenvalue weighted by Crippen LogP contribution is 2.30. The van der Waals surface area contributed by atoms with Crippen LogP contribution in [0.25, 0.3) is 0 Å². The number of likely N-dealkylation sites (tertiary alicyclic amines) is 1. The van der Waals surface area contributed by atoms with E-state index in [1.165, 1.54) is 19.4 Å². The second-order valence-electron chi connectivity index (χ2n) is 7.70. The van der Waals surface area contributed by atoms with Gasteiger partial charge in [0.15, 0.2) is 17.5 Å². The molecule has 0 saturated carbocycles. The normalized spacial score (nSPS) is 23.3. The Bertz CT molecular complexity index is 620. The monoisotopic (exact) mass is 374 g/mol. The van der Waals surface area contributed by atoms with Crippen molar-refractivity contribution in [1.29, 1.82) is 0 Å². The predicted molar refractivity (Wildman–Crippen MR) is 110 cm³/mol. The van der Waals surface area contributed by atoms with Gasteiger partial charge in [0, 0.05) is 25.7 Å². The van der Waals surface area contributed by atoms with Gasteiger partial charge < -0.3 is 25.0 Å². The van der Waals surface area contributed by atoms with Gasteiger partial charge in [-0.3, -0.25) is 4.99 Å². The largest absolute Gasteiger partial charge is 0.486 e. The smallest absolute Gasteiger partial charge is 0.191 e. The molecule has 0 aliphatic carbocycles. The summed E-state index contributed by atoms with van der Waals surface area (Å²) in [5.41, 5.74) is 0. The molecular formula is C21H34N4O2. The van der Waals surface area contributed by atoms with Gasteiger partial charge in [0.05, 0.1) is 6.54 Å². The zero-order valence-electron chi connectivity index (χ0n) is 16.9. The number of hydrogen-bond acceptors (Lipinski definition) is 4. The number of rotatable bonds is 6. The van der Waals surface area contributed by atoms with Gasteiger partial charge >= 0.3 is 0 Å². The first-order chi connectivity index (χ1) is 13.2. The highest BCUT2D eigenvalue weighted by atomic mass is 16.6. The lowest BCUT2D eigenvalue weighted by Crippen LogP contribution is -2.46. The number of piperidine rings is 1. The minimum Gasteiger partial charge on any atom is -0.486 e. The topological polar surface area (TPSA) is 58.1 Å². The van der Waals surface area contributed by atoms with E-state index in [4.69, 9.17) is 14.5 Å². The molecule has 150 valence electrons. The predicted octanol–water partition coefficient (Wildman–Crippen LogP) is 2.50. The molecule has 6 nitrogen and oxygen atoms in total. The first kappa shape index (κ1) is 19.8. The minimum atomic E-state index is -0.0186. The van der Waals surface area contributed by atoms with Gasteiger partial charge in [-0.05, 0) is 58.2 Å². The standard InChI is InChI=1S/C21H34N4O2/c1-4-22-21(23-12-17-8-7-11-25(14-17)16(2)3)24-13-18-15-26-19-9-5-6-10-20(19)27-18/h5-6,9-10,16-18H,4,7-8,11-15H2,1-3H3,(H2,22,23,24). The Morgan fingerprint density at radius 3 is 2.85 bits per heavy atom. The molecule has 2 aliphatic rings. The molecule has 1 aromatic rings. The van der Waals surface area contributed by atoms with Gasteiger partial charge in [-0.1, -0.05) is 12.1 Å². The highest BCUT2D eigenvalue weighted by molar-refractivity contribution is 5.79. The first-order valence-corrected chi connectivity index (χ1v) is 10.3. The van der Waals surface area contributed by atoms with Crippen LogP contribution in [0.4, 0.5) is 0 Å². The molecule has 1 aromatic carbocycles. The summed E-state index contributed by atoms with van der Waals surface area (Å²) in [6.45, 7) is 12.0. The second kappa shape index (κ2) is 9.83. The third kappa shape index (κ3) is 5.76. The molecule has 2 unspecified atom stereocenters. The zero-order valence-corrected chi connectivity index (χ0v) is 16.9. The molecule has 2 atom stereocenters. The van der Waals surface area contributed by atoms with Crippen LogP contribution in [0.1, 0.15) is 33.6 Å². The number of nitrogens with one attached hydrogen (secondary N) is 2. The van der Waals surface area contributed by atoms with Crippen LogP contribution in [-0.2, 0) is 0 Å². The molecular weight excluding hydrogens is 340 g/mol. The summed E-state index contributed by atoms with van der Waals surface area (Å²) in [6.07, 6.45) is 2.52. The van der Waals surface area contributed by atoms with Crippen molar-refractivity contribution in [3.05, 3.63) is 24.3 Å². The van der Waals surface area contributed by atoms with Crippen LogP contribution in [-0.4, -0.2) is 62.3 Å². The van der Waals surface area contributed by atoms with Gasteiger partial charge in [0.1, 0.15) is 12.7 Å². The van der Waals surface area contributed by atoms with Crippen molar-refractivity contribution in [3.63, 3.8) is 0 Å². The maximum absolute atomic E-state index is 6.02. The van der Waals surface area contributed by atoms with Crippen molar-refractivity contribution >= 4 is 5.96 Å². The summed E-state index contributed by atoms with van der Waals surface area (Å²) in [4.78, 5) is 7.40. The van der Waals surface area contributed by atoms with E-state index in [-0.39, 0.29) is 6.10 Å². The fourth-order valence-corrected chi connectivity index (χ4v) is 3.65. The van der Waals surface area contributed by atoms with Gasteiger partial charge in [-0.2, -0.15) is 0 Å². The molecule has 3 rings (SSSR count). The van der Waals surface area contributed by atoms with Crippen LogP contribution in [0.5, 0.6) is 11.5 Å². The number of benzene rings is 1. The summed E-state index contributed by atoms with van der Waals surface area (Å²) in [7, 11) is 0. The lowest BCUT2D eigenvalue weighted by atomic mass is 9.97. The van der Waals surface area contributed by atoms with Gasteiger partial charge in [0.2, 0.25) is 0 Å². The summed E-state index contributed by atoms with van der Waals surface area (Å²) in [5, 5.41) is 6.76. The summed E-state index contributed by atoms with van der Waals surface area (Å²) in [6, 6.07) is 8.44. The SMILES string of the molecule is CCNC(=NCC1CCCN(C(C)C)C1)NCC1COc2ccccc2O1. The average molecular weight is 375 g/mol. The number of guanidine groups is 1. The number of fused-ring (bicyclic) bond motifs is 1. The third-order valence-electron chi connectivity index (χ3n) is 5.20. The van der Waals surface area contributed by atoms with Gasteiger partial charge in [-0.25, -0.2) is 0 Å². The van der Waals surface area contributed by atoms with Crippen LogP contribution >= 0.6 is 0 Å². The van der Waals surface area contributed by atoms with Crippen LogP contribution in [0.2, 0.25) is 0 Å². The van der Waals surface area contributed by atoms with Crippen molar-refractivity contribution in [2.45, 2.75) is 45.8 Å². The number of para-hydroxylation sites is 2. The van der Waals surface area contributed by atoms with Crippen molar-refractivity contribution in [2.24, 2.45) is 10.9 Å². The first-order valence-electron chi connectivity index (χ1n) is 10.3. The minimum absolute atomic E-state index is 0.0186. The van der Waals surface area contributed by atoms with E-state index < -0.39 is 0 Å². The Morgan fingerprint density at radius 1 is 1.26 bits per heavy atom. The molecule has 0 bridgehead atoms. The Hall–Kier alpha value is -1.95. The average Bonchev–Trinajstić information content (AvgIpc) is 2.70. The summed E-state index contributed by atoms with van der Waals surface area (Å²) < 4.78 is 11.8. The Balaban J connectivity index is 1.49. The summed E-state index contributed by atoms with van der Waals surface area (Å²) >= 11 is 0. The quantitative estimate of drug-likeness (QED) is 0.592. The van der Waals surface area contributed by atoms with E-state index in [0.717, 1.165) is 37.1 Å².